The van der Waals surface area contributed by atoms with Crippen molar-refractivity contribution in [2.24, 2.45) is 0 Å². The average molecular weight is 220 g/mol. The zero-order valence-corrected chi connectivity index (χ0v) is 9.99. The largest absolute Gasteiger partial charge is 0.358 e. The van der Waals surface area contributed by atoms with Crippen LogP contribution >= 0.6 is 0 Å². The van der Waals surface area contributed by atoms with E-state index in [-0.39, 0.29) is 0 Å². The Morgan fingerprint density at radius 3 is 2.65 bits per heavy atom. The molecule has 1 aromatic carbocycles. The van der Waals surface area contributed by atoms with Crippen LogP contribution in [0.3, 0.4) is 0 Å². The number of H-pyrrole nitrogens is 1. The maximum absolute atomic E-state index is 4.07. The molecular weight excluding hydrogens is 207 g/mol. The van der Waals surface area contributed by atoms with E-state index in [1.807, 2.05) is 12.4 Å². The van der Waals surface area contributed by atoms with Gasteiger partial charge in [-0.25, -0.2) is 0 Å². The molecule has 3 aromatic rings. The second-order valence-corrected chi connectivity index (χ2v) is 4.41. The van der Waals surface area contributed by atoms with Gasteiger partial charge in [-0.1, -0.05) is 17.6 Å². The fourth-order valence-corrected chi connectivity index (χ4v) is 2.33. The van der Waals surface area contributed by atoms with Gasteiger partial charge in [0.1, 0.15) is 7.85 Å². The van der Waals surface area contributed by atoms with Crippen LogP contribution in [0.4, 0.5) is 0 Å². The van der Waals surface area contributed by atoms with Crippen LogP contribution in [0, 0.1) is 6.92 Å². The van der Waals surface area contributed by atoms with E-state index in [9.17, 15) is 0 Å². The van der Waals surface area contributed by atoms with Crippen molar-refractivity contribution >= 4 is 24.2 Å². The fourth-order valence-electron chi connectivity index (χ4n) is 2.33. The Labute approximate surface area is 101 Å². The summed E-state index contributed by atoms with van der Waals surface area (Å²) >= 11 is 0. The molecule has 0 saturated carbocycles. The number of nitrogens with one attached hydrogen (secondary N) is 1. The zero-order valence-electron chi connectivity index (χ0n) is 9.99. The van der Waals surface area contributed by atoms with Gasteiger partial charge >= 0.3 is 0 Å². The highest BCUT2D eigenvalue weighted by molar-refractivity contribution is 6.33. The summed E-state index contributed by atoms with van der Waals surface area (Å²) in [5.41, 5.74) is 6.18. The van der Waals surface area contributed by atoms with Crippen LogP contribution in [-0.2, 0) is 0 Å². The first-order valence-corrected chi connectivity index (χ1v) is 5.75. The van der Waals surface area contributed by atoms with Gasteiger partial charge in [0.2, 0.25) is 0 Å². The SMILES string of the molecule is Bc1ccc2[nH]c(C)c(-c3ccncc3)c2c1. The van der Waals surface area contributed by atoms with Crippen molar-refractivity contribution in [2.75, 3.05) is 0 Å². The standard InChI is InChI=1S/C14H13BN2/c1-9-14(10-4-6-16-7-5-10)12-8-11(15)2-3-13(12)17-9/h2-8,17H,15H2,1H3. The molecule has 0 spiro atoms. The summed E-state index contributed by atoms with van der Waals surface area (Å²) in [6.07, 6.45) is 3.67. The van der Waals surface area contributed by atoms with Gasteiger partial charge in [0.25, 0.3) is 0 Å². The van der Waals surface area contributed by atoms with Crippen LogP contribution < -0.4 is 5.46 Å². The lowest BCUT2D eigenvalue weighted by molar-refractivity contribution is 1.29. The van der Waals surface area contributed by atoms with E-state index in [0.29, 0.717) is 0 Å². The molecule has 3 rings (SSSR count). The van der Waals surface area contributed by atoms with Crippen LogP contribution in [0.5, 0.6) is 0 Å². The monoisotopic (exact) mass is 220 g/mol. The van der Waals surface area contributed by atoms with Crippen molar-refractivity contribution < 1.29 is 0 Å². The number of aromatic nitrogens is 2. The van der Waals surface area contributed by atoms with Crippen molar-refractivity contribution in [2.45, 2.75) is 6.92 Å². The van der Waals surface area contributed by atoms with Gasteiger partial charge in [-0.2, -0.15) is 0 Å². The first-order chi connectivity index (χ1) is 8.25. The molecule has 2 aromatic heterocycles. The zero-order chi connectivity index (χ0) is 11.8. The molecule has 0 saturated heterocycles. The molecule has 2 heterocycles. The summed E-state index contributed by atoms with van der Waals surface area (Å²) in [7, 11) is 2.12. The number of aryl methyl sites for hydroxylation is 1. The Kier molecular flexibility index (Phi) is 2.25. The molecular formula is C14H13BN2. The van der Waals surface area contributed by atoms with Crippen LogP contribution in [0.1, 0.15) is 5.69 Å². The van der Waals surface area contributed by atoms with E-state index >= 15 is 0 Å². The number of benzene rings is 1. The summed E-state index contributed by atoms with van der Waals surface area (Å²) < 4.78 is 0. The minimum atomic E-state index is 1.19. The molecule has 0 amide bonds. The molecule has 0 fully saturated rings. The minimum Gasteiger partial charge on any atom is -0.358 e. The molecule has 0 radical (unpaired) electrons. The second kappa shape index (κ2) is 3.77. The Hall–Kier alpha value is -2.03. The third kappa shape index (κ3) is 1.64. The molecule has 3 heteroatoms. The molecule has 0 aliphatic rings. The van der Waals surface area contributed by atoms with E-state index in [0.717, 1.165) is 0 Å². The molecule has 17 heavy (non-hydrogen) atoms. The lowest BCUT2D eigenvalue weighted by Gasteiger charge is -2.01. The second-order valence-electron chi connectivity index (χ2n) is 4.41. The normalized spacial score (nSPS) is 10.9. The van der Waals surface area contributed by atoms with E-state index in [2.05, 4.69) is 55.1 Å². The van der Waals surface area contributed by atoms with Crippen LogP contribution in [-0.4, -0.2) is 17.8 Å². The highest BCUT2D eigenvalue weighted by atomic mass is 14.7. The van der Waals surface area contributed by atoms with Crippen molar-refractivity contribution in [1.29, 1.82) is 0 Å². The molecule has 2 nitrogen and oxygen atoms in total. The summed E-state index contributed by atoms with van der Waals surface area (Å²) in [6.45, 7) is 2.12. The van der Waals surface area contributed by atoms with Gasteiger partial charge in [-0.05, 0) is 30.7 Å². The highest BCUT2D eigenvalue weighted by Crippen LogP contribution is 2.30. The molecule has 0 aliphatic heterocycles. The van der Waals surface area contributed by atoms with Gasteiger partial charge in [-0.15, -0.1) is 0 Å². The number of pyridine rings is 1. The van der Waals surface area contributed by atoms with Gasteiger partial charge in [-0.3, -0.25) is 4.98 Å². The smallest absolute Gasteiger partial charge is 0.139 e. The molecule has 82 valence electrons. The van der Waals surface area contributed by atoms with Gasteiger partial charge in [0.15, 0.2) is 0 Å². The Balaban J connectivity index is 2.35. The molecule has 0 bridgehead atoms. The van der Waals surface area contributed by atoms with E-state index in [1.54, 1.807) is 0 Å². The third-order valence-corrected chi connectivity index (χ3v) is 3.11. The van der Waals surface area contributed by atoms with Gasteiger partial charge in [0.05, 0.1) is 0 Å². The quantitative estimate of drug-likeness (QED) is 0.622. The summed E-state index contributed by atoms with van der Waals surface area (Å²) in [5, 5.41) is 1.29. The first kappa shape index (κ1) is 10.1. The minimum absolute atomic E-state index is 1.19. The predicted molar refractivity (Wildman–Crippen MR) is 74.4 cm³/mol. The van der Waals surface area contributed by atoms with Crippen molar-refractivity contribution in [3.05, 3.63) is 48.4 Å². The van der Waals surface area contributed by atoms with Crippen molar-refractivity contribution in [3.8, 4) is 11.1 Å². The Morgan fingerprint density at radius 2 is 1.88 bits per heavy atom. The maximum atomic E-state index is 4.07. The molecule has 0 unspecified atom stereocenters. The van der Waals surface area contributed by atoms with Crippen LogP contribution in [0.15, 0.2) is 42.7 Å². The average Bonchev–Trinajstić information content (AvgIpc) is 2.65. The number of hydrogen-bond donors (Lipinski definition) is 1. The number of nitrogens with zero attached hydrogens (tertiary/aromatic N) is 1. The topological polar surface area (TPSA) is 28.7 Å². The molecule has 0 atom stereocenters. The van der Waals surface area contributed by atoms with E-state index in [4.69, 9.17) is 0 Å². The van der Waals surface area contributed by atoms with Gasteiger partial charge < -0.3 is 4.98 Å². The maximum Gasteiger partial charge on any atom is 0.139 e. The third-order valence-electron chi connectivity index (χ3n) is 3.11. The molecule has 1 N–H and O–H groups in total. The summed E-state index contributed by atoms with van der Waals surface area (Å²) in [4.78, 5) is 7.50. The van der Waals surface area contributed by atoms with Gasteiger partial charge in [0, 0.05) is 34.6 Å². The highest BCUT2D eigenvalue weighted by Gasteiger charge is 2.09. The number of fused-ring (bicyclic) bond motifs is 1. The van der Waals surface area contributed by atoms with Crippen molar-refractivity contribution in [3.63, 3.8) is 0 Å². The number of hydrogen-bond acceptors (Lipinski definition) is 1. The lowest BCUT2D eigenvalue weighted by Crippen LogP contribution is -1.99. The lowest BCUT2D eigenvalue weighted by atomic mass is 9.93. The van der Waals surface area contributed by atoms with E-state index in [1.165, 1.54) is 33.2 Å². The first-order valence-electron chi connectivity index (χ1n) is 5.75. The van der Waals surface area contributed by atoms with E-state index < -0.39 is 0 Å². The fraction of sp³-hybridized carbons (Fsp3) is 0.0714. The molecule has 0 aliphatic carbocycles. The van der Waals surface area contributed by atoms with Crippen LogP contribution in [0.25, 0.3) is 22.0 Å². The van der Waals surface area contributed by atoms with Crippen molar-refractivity contribution in [1.82, 2.24) is 9.97 Å². The Bertz CT molecular complexity index is 671. The number of rotatable bonds is 1. The summed E-state index contributed by atoms with van der Waals surface area (Å²) in [6, 6.07) is 10.6. The van der Waals surface area contributed by atoms with Crippen LogP contribution in [0.2, 0.25) is 0 Å². The predicted octanol–water partition coefficient (Wildman–Crippen LogP) is 1.80. The Morgan fingerprint density at radius 1 is 1.12 bits per heavy atom. The number of aromatic amines is 1. The summed E-state index contributed by atoms with van der Waals surface area (Å²) in [5.74, 6) is 0.